The van der Waals surface area contributed by atoms with E-state index in [0.29, 0.717) is 11.4 Å². The van der Waals surface area contributed by atoms with Gasteiger partial charge in [0.1, 0.15) is 23.8 Å². The Hall–Kier alpha value is -4.27. The Balaban J connectivity index is 1.47. The van der Waals surface area contributed by atoms with Gasteiger partial charge < -0.3 is 14.5 Å². The first kappa shape index (κ1) is 20.0. The highest BCUT2D eigenvalue weighted by Crippen LogP contribution is 2.24. The summed E-state index contributed by atoms with van der Waals surface area (Å²) in [7, 11) is 0. The lowest BCUT2D eigenvalue weighted by Gasteiger charge is -2.09. The number of benzene rings is 2. The van der Waals surface area contributed by atoms with Crippen molar-refractivity contribution in [3.8, 4) is 5.75 Å². The molecular weight excluding hydrogens is 403 g/mol. The molecule has 1 N–H and O–H groups in total. The number of nitro benzene ring substituents is 1. The van der Waals surface area contributed by atoms with Crippen molar-refractivity contribution in [3.63, 3.8) is 0 Å². The molecule has 0 unspecified atom stereocenters. The number of carbonyl (C=O) groups excluding carboxylic acids is 1. The molecule has 9 heteroatoms. The number of nitro groups is 1. The zero-order valence-corrected chi connectivity index (χ0v) is 16.4. The van der Waals surface area contributed by atoms with Crippen molar-refractivity contribution in [1.29, 1.82) is 0 Å². The minimum Gasteiger partial charge on any atom is -0.487 e. The number of rotatable bonds is 6. The zero-order valence-electron chi connectivity index (χ0n) is 16.4. The van der Waals surface area contributed by atoms with Gasteiger partial charge in [0.15, 0.2) is 0 Å². The molecule has 2 heterocycles. The van der Waals surface area contributed by atoms with Crippen LogP contribution < -0.4 is 10.1 Å². The van der Waals surface area contributed by atoms with E-state index < -0.39 is 22.3 Å². The summed E-state index contributed by atoms with van der Waals surface area (Å²) in [5, 5.41) is 13.7. The van der Waals surface area contributed by atoms with Crippen molar-refractivity contribution in [2.45, 2.75) is 13.5 Å². The number of ether oxygens (including phenoxy) is 1. The Bertz CT molecular complexity index is 1270. The summed E-state index contributed by atoms with van der Waals surface area (Å²) in [6, 6.07) is 14.4. The predicted molar refractivity (Wildman–Crippen MR) is 112 cm³/mol. The van der Waals surface area contributed by atoms with Crippen LogP contribution in [0.3, 0.4) is 0 Å². The van der Waals surface area contributed by atoms with Crippen molar-refractivity contribution >= 4 is 22.9 Å². The maximum atomic E-state index is 14.0. The van der Waals surface area contributed by atoms with E-state index in [9.17, 15) is 19.3 Å². The summed E-state index contributed by atoms with van der Waals surface area (Å²) < 4.78 is 21.6. The molecule has 0 fully saturated rings. The molecule has 0 spiro atoms. The topological polar surface area (TPSA) is 98.8 Å². The number of halogens is 1. The number of amides is 1. The maximum absolute atomic E-state index is 14.0. The molecular formula is C22H17FN4O4. The largest absolute Gasteiger partial charge is 0.487 e. The van der Waals surface area contributed by atoms with E-state index in [1.807, 2.05) is 35.0 Å². The summed E-state index contributed by atoms with van der Waals surface area (Å²) in [5.74, 6) is -0.987. The predicted octanol–water partition coefficient (Wildman–Crippen LogP) is 4.52. The number of fused-ring (bicyclic) bond motifs is 1. The summed E-state index contributed by atoms with van der Waals surface area (Å²) in [6.45, 7) is 1.52. The number of imidazole rings is 1. The van der Waals surface area contributed by atoms with Crippen molar-refractivity contribution in [3.05, 3.63) is 99.7 Å². The van der Waals surface area contributed by atoms with Crippen molar-refractivity contribution < 1.29 is 18.8 Å². The molecule has 4 rings (SSSR count). The zero-order chi connectivity index (χ0) is 22.0. The van der Waals surface area contributed by atoms with Gasteiger partial charge in [-0.3, -0.25) is 14.9 Å². The van der Waals surface area contributed by atoms with Gasteiger partial charge in [-0.15, -0.1) is 0 Å². The molecule has 1 amide bonds. The molecule has 0 aliphatic heterocycles. The minimum atomic E-state index is -0.816. The molecule has 0 saturated heterocycles. The van der Waals surface area contributed by atoms with Gasteiger partial charge in [-0.2, -0.15) is 0 Å². The minimum absolute atomic E-state index is 0.121. The van der Waals surface area contributed by atoms with Crippen LogP contribution in [0.5, 0.6) is 5.75 Å². The fourth-order valence-electron chi connectivity index (χ4n) is 3.07. The van der Waals surface area contributed by atoms with Crippen LogP contribution in [0.25, 0.3) is 5.65 Å². The highest BCUT2D eigenvalue weighted by atomic mass is 19.1. The quantitative estimate of drug-likeness (QED) is 0.365. The van der Waals surface area contributed by atoms with Gasteiger partial charge in [0, 0.05) is 35.8 Å². The van der Waals surface area contributed by atoms with Gasteiger partial charge in [0.25, 0.3) is 11.6 Å². The Labute approximate surface area is 176 Å². The van der Waals surface area contributed by atoms with Gasteiger partial charge in [0.05, 0.1) is 16.2 Å². The van der Waals surface area contributed by atoms with Crippen molar-refractivity contribution in [2.75, 3.05) is 5.32 Å². The molecule has 0 radical (unpaired) electrons. The van der Waals surface area contributed by atoms with E-state index in [4.69, 9.17) is 4.74 Å². The molecule has 2 aromatic heterocycles. The van der Waals surface area contributed by atoms with E-state index in [1.165, 1.54) is 6.92 Å². The second-order valence-corrected chi connectivity index (χ2v) is 6.83. The molecule has 0 aliphatic rings. The average molecular weight is 420 g/mol. The Kier molecular flexibility index (Phi) is 5.31. The van der Waals surface area contributed by atoms with Gasteiger partial charge >= 0.3 is 0 Å². The molecule has 0 aliphatic carbocycles. The number of aromatic nitrogens is 2. The molecule has 31 heavy (non-hydrogen) atoms. The third-order valence-electron chi connectivity index (χ3n) is 4.67. The third kappa shape index (κ3) is 4.35. The standard InChI is InChI=1S/C22H17FN4O4/c1-14-19(23)9-15(10-20(14)27(29)30)22(28)25-16-5-4-6-18(11-16)31-13-17-12-26-8-3-2-7-21(26)24-17/h2-12H,13H2,1H3,(H,25,28). The van der Waals surface area contributed by atoms with Crippen LogP contribution in [0.4, 0.5) is 15.8 Å². The number of carbonyl (C=O) groups is 1. The van der Waals surface area contributed by atoms with Gasteiger partial charge in [-0.05, 0) is 37.3 Å². The first-order valence-electron chi connectivity index (χ1n) is 9.32. The SMILES string of the molecule is Cc1c(F)cc(C(=O)Nc2cccc(OCc3cn4ccccc4n3)c2)cc1[N+](=O)[O-]. The smallest absolute Gasteiger partial charge is 0.276 e. The first-order chi connectivity index (χ1) is 14.9. The van der Waals surface area contributed by atoms with Crippen LogP contribution in [0.2, 0.25) is 0 Å². The van der Waals surface area contributed by atoms with Crippen LogP contribution in [-0.4, -0.2) is 20.2 Å². The van der Waals surface area contributed by atoms with Gasteiger partial charge in [-0.1, -0.05) is 12.1 Å². The Morgan fingerprint density at radius 2 is 2.06 bits per heavy atom. The molecule has 2 aromatic carbocycles. The van der Waals surface area contributed by atoms with Crippen LogP contribution in [0.15, 0.2) is 67.0 Å². The lowest BCUT2D eigenvalue weighted by molar-refractivity contribution is -0.385. The number of anilines is 1. The fourth-order valence-corrected chi connectivity index (χ4v) is 3.07. The number of hydrogen-bond acceptors (Lipinski definition) is 5. The van der Waals surface area contributed by atoms with Gasteiger partial charge in [0.2, 0.25) is 0 Å². The lowest BCUT2D eigenvalue weighted by atomic mass is 10.1. The van der Waals surface area contributed by atoms with Crippen LogP contribution >= 0.6 is 0 Å². The highest BCUT2D eigenvalue weighted by molar-refractivity contribution is 6.04. The summed E-state index contributed by atoms with van der Waals surface area (Å²) in [6.07, 6.45) is 3.75. The fraction of sp³-hybridized carbons (Fsp3) is 0.0909. The second kappa shape index (κ2) is 8.23. The van der Waals surface area contributed by atoms with Crippen LogP contribution in [0, 0.1) is 22.9 Å². The Morgan fingerprint density at radius 3 is 2.84 bits per heavy atom. The van der Waals surface area contributed by atoms with Crippen molar-refractivity contribution in [1.82, 2.24) is 9.38 Å². The maximum Gasteiger partial charge on any atom is 0.276 e. The van der Waals surface area contributed by atoms with E-state index in [1.54, 1.807) is 24.3 Å². The number of hydrogen-bond donors (Lipinski definition) is 1. The molecule has 8 nitrogen and oxygen atoms in total. The molecule has 0 bridgehead atoms. The van der Waals surface area contributed by atoms with E-state index >= 15 is 0 Å². The van der Waals surface area contributed by atoms with E-state index in [-0.39, 0.29) is 17.7 Å². The van der Waals surface area contributed by atoms with E-state index in [0.717, 1.165) is 23.5 Å². The Morgan fingerprint density at radius 1 is 1.23 bits per heavy atom. The number of nitrogens with one attached hydrogen (secondary N) is 1. The van der Waals surface area contributed by atoms with Crippen LogP contribution in [-0.2, 0) is 6.61 Å². The summed E-state index contributed by atoms with van der Waals surface area (Å²) in [4.78, 5) is 27.3. The molecule has 156 valence electrons. The second-order valence-electron chi connectivity index (χ2n) is 6.83. The highest BCUT2D eigenvalue weighted by Gasteiger charge is 2.19. The molecule has 0 saturated carbocycles. The normalized spacial score (nSPS) is 10.8. The van der Waals surface area contributed by atoms with E-state index in [2.05, 4.69) is 10.3 Å². The number of nitrogens with zero attached hydrogens (tertiary/aromatic N) is 3. The summed E-state index contributed by atoms with van der Waals surface area (Å²) in [5.41, 5.74) is 1.23. The average Bonchev–Trinajstić information content (AvgIpc) is 3.17. The monoisotopic (exact) mass is 420 g/mol. The van der Waals surface area contributed by atoms with Crippen molar-refractivity contribution in [2.24, 2.45) is 0 Å². The van der Waals surface area contributed by atoms with Gasteiger partial charge in [-0.25, -0.2) is 9.37 Å². The third-order valence-corrected chi connectivity index (χ3v) is 4.67. The molecule has 4 aromatic rings. The summed E-state index contributed by atoms with van der Waals surface area (Å²) >= 11 is 0. The van der Waals surface area contributed by atoms with Crippen LogP contribution in [0.1, 0.15) is 21.6 Å². The first-order valence-corrected chi connectivity index (χ1v) is 9.32. The number of pyridine rings is 1. The lowest BCUT2D eigenvalue weighted by Crippen LogP contribution is -2.13. The molecule has 0 atom stereocenters.